The molecule has 0 spiro atoms. The lowest BCUT2D eigenvalue weighted by Gasteiger charge is -2.33. The van der Waals surface area contributed by atoms with E-state index in [9.17, 15) is 0 Å². The van der Waals surface area contributed by atoms with Crippen molar-refractivity contribution in [3.63, 3.8) is 0 Å². The van der Waals surface area contributed by atoms with Crippen LogP contribution in [-0.4, -0.2) is 36.5 Å². The maximum absolute atomic E-state index is 6.12. The summed E-state index contributed by atoms with van der Waals surface area (Å²) in [4.78, 5) is 3.61. The first-order valence-electron chi connectivity index (χ1n) is 5.90. The molecule has 0 bridgehead atoms. The Labute approximate surface area is 131 Å². The Hall–Kier alpha value is 0.740. The molecule has 104 valence electrons. The van der Waals surface area contributed by atoms with Gasteiger partial charge in [-0.3, -0.25) is 4.90 Å². The second-order valence-electron chi connectivity index (χ2n) is 4.20. The molecule has 0 saturated carbocycles. The molecule has 2 unspecified atom stereocenters. The molecule has 2 atom stereocenters. The van der Waals surface area contributed by atoms with Crippen LogP contribution in [0.4, 0.5) is 0 Å². The minimum atomic E-state index is 0.246. The summed E-state index contributed by atoms with van der Waals surface area (Å²) in [6.07, 6.45) is 3.28. The van der Waals surface area contributed by atoms with E-state index in [1.165, 1.54) is 4.88 Å². The second kappa shape index (κ2) is 8.12. The Bertz CT molecular complexity index is 353. The van der Waals surface area contributed by atoms with Crippen LogP contribution in [0, 0.1) is 0 Å². The zero-order valence-corrected chi connectivity index (χ0v) is 14.9. The van der Waals surface area contributed by atoms with Crippen LogP contribution in [0.1, 0.15) is 24.3 Å². The summed E-state index contributed by atoms with van der Waals surface area (Å²) in [6.45, 7) is 2.84. The van der Waals surface area contributed by atoms with Crippen molar-refractivity contribution < 1.29 is 0 Å². The normalized spacial score (nSPS) is 15.1. The van der Waals surface area contributed by atoms with E-state index in [0.29, 0.717) is 12.6 Å². The van der Waals surface area contributed by atoms with Gasteiger partial charge in [-0.1, -0.05) is 18.5 Å². The fourth-order valence-corrected chi connectivity index (χ4v) is 4.74. The van der Waals surface area contributed by atoms with Gasteiger partial charge in [0.1, 0.15) is 4.34 Å². The number of thiophene rings is 1. The predicted octanol–water partition coefficient (Wildman–Crippen LogP) is 4.24. The summed E-state index contributed by atoms with van der Waals surface area (Å²) in [5, 5.41) is 0. The molecule has 2 nitrogen and oxygen atoms in total. The van der Waals surface area contributed by atoms with Crippen molar-refractivity contribution in [2.45, 2.75) is 25.4 Å². The number of nitrogens with zero attached hydrogens (tertiary/aromatic N) is 1. The molecule has 0 aliphatic carbocycles. The molecule has 0 saturated heterocycles. The highest BCUT2D eigenvalue weighted by Crippen LogP contribution is 2.37. The molecular weight excluding hydrogens is 352 g/mol. The molecular formula is C12H20BrClN2S2. The molecule has 6 heteroatoms. The first-order valence-corrected chi connectivity index (χ1v) is 9.28. The van der Waals surface area contributed by atoms with E-state index in [2.05, 4.69) is 47.1 Å². The van der Waals surface area contributed by atoms with Crippen molar-refractivity contribution in [1.29, 1.82) is 0 Å². The summed E-state index contributed by atoms with van der Waals surface area (Å²) >= 11 is 13.1. The average molecular weight is 372 g/mol. The molecule has 0 fully saturated rings. The minimum Gasteiger partial charge on any atom is -0.329 e. The number of rotatable bonds is 7. The Morgan fingerprint density at radius 2 is 2.28 bits per heavy atom. The fourth-order valence-electron chi connectivity index (χ4n) is 1.98. The van der Waals surface area contributed by atoms with Gasteiger partial charge in [-0.25, -0.2) is 0 Å². The highest BCUT2D eigenvalue weighted by atomic mass is 79.9. The van der Waals surface area contributed by atoms with Crippen LogP contribution in [-0.2, 0) is 0 Å². The van der Waals surface area contributed by atoms with Crippen molar-refractivity contribution in [2.75, 3.05) is 25.6 Å². The van der Waals surface area contributed by atoms with Gasteiger partial charge in [0.05, 0.1) is 6.04 Å². The first kappa shape index (κ1) is 16.8. The summed E-state index contributed by atoms with van der Waals surface area (Å²) in [7, 11) is 2.16. The SMILES string of the molecule is CCC(CSC)N(C)C(CN)c1cc(Br)c(Cl)s1. The Morgan fingerprint density at radius 3 is 2.67 bits per heavy atom. The van der Waals surface area contributed by atoms with Gasteiger partial charge in [0.15, 0.2) is 0 Å². The van der Waals surface area contributed by atoms with Crippen molar-refractivity contribution in [3.8, 4) is 0 Å². The van der Waals surface area contributed by atoms with Crippen molar-refractivity contribution in [1.82, 2.24) is 4.90 Å². The monoisotopic (exact) mass is 370 g/mol. The molecule has 1 aromatic rings. The van der Waals surface area contributed by atoms with Crippen molar-refractivity contribution in [3.05, 3.63) is 19.8 Å². The molecule has 1 aromatic heterocycles. The summed E-state index contributed by atoms with van der Waals surface area (Å²) < 4.78 is 1.77. The zero-order valence-electron chi connectivity index (χ0n) is 11.0. The Balaban J connectivity index is 2.87. The summed E-state index contributed by atoms with van der Waals surface area (Å²) in [5.74, 6) is 1.13. The number of halogens is 2. The van der Waals surface area contributed by atoms with Gasteiger partial charge >= 0.3 is 0 Å². The van der Waals surface area contributed by atoms with E-state index in [0.717, 1.165) is 21.0 Å². The second-order valence-corrected chi connectivity index (χ2v) is 7.66. The van der Waals surface area contributed by atoms with Gasteiger partial charge in [-0.05, 0) is 41.7 Å². The van der Waals surface area contributed by atoms with Crippen LogP contribution in [0.15, 0.2) is 10.5 Å². The minimum absolute atomic E-state index is 0.246. The van der Waals surface area contributed by atoms with E-state index in [-0.39, 0.29) is 6.04 Å². The first-order chi connectivity index (χ1) is 8.54. The molecule has 2 N–H and O–H groups in total. The van der Waals surface area contributed by atoms with E-state index < -0.39 is 0 Å². The maximum Gasteiger partial charge on any atom is 0.107 e. The number of hydrogen-bond donors (Lipinski definition) is 1. The molecule has 0 aromatic carbocycles. The van der Waals surface area contributed by atoms with Crippen LogP contribution in [0.25, 0.3) is 0 Å². The van der Waals surface area contributed by atoms with Crippen LogP contribution in [0.3, 0.4) is 0 Å². The quantitative estimate of drug-likeness (QED) is 0.777. The van der Waals surface area contributed by atoms with Crippen molar-refractivity contribution >= 4 is 50.6 Å². The topological polar surface area (TPSA) is 29.3 Å². The smallest absolute Gasteiger partial charge is 0.107 e. The number of nitrogens with two attached hydrogens (primary N) is 1. The lowest BCUT2D eigenvalue weighted by Crippen LogP contribution is -2.39. The lowest BCUT2D eigenvalue weighted by molar-refractivity contribution is 0.190. The fraction of sp³-hybridized carbons (Fsp3) is 0.667. The van der Waals surface area contributed by atoms with E-state index >= 15 is 0 Å². The van der Waals surface area contributed by atoms with Crippen LogP contribution >= 0.6 is 50.6 Å². The molecule has 0 aliphatic rings. The molecule has 18 heavy (non-hydrogen) atoms. The number of thioether (sulfide) groups is 1. The molecule has 0 radical (unpaired) electrons. The summed E-state index contributed by atoms with van der Waals surface area (Å²) in [5.41, 5.74) is 5.95. The lowest BCUT2D eigenvalue weighted by atomic mass is 10.1. The van der Waals surface area contributed by atoms with Crippen LogP contribution in [0.2, 0.25) is 4.34 Å². The van der Waals surface area contributed by atoms with Gasteiger partial charge < -0.3 is 5.73 Å². The van der Waals surface area contributed by atoms with E-state index in [1.807, 2.05) is 11.8 Å². The maximum atomic E-state index is 6.12. The van der Waals surface area contributed by atoms with Gasteiger partial charge in [-0.15, -0.1) is 11.3 Å². The highest BCUT2D eigenvalue weighted by Gasteiger charge is 2.24. The van der Waals surface area contributed by atoms with Gasteiger partial charge in [0.25, 0.3) is 0 Å². The third-order valence-electron chi connectivity index (χ3n) is 3.11. The molecule has 1 rings (SSSR count). The van der Waals surface area contributed by atoms with Crippen LogP contribution < -0.4 is 5.73 Å². The highest BCUT2D eigenvalue weighted by molar-refractivity contribution is 9.10. The third kappa shape index (κ3) is 4.12. The molecule has 0 aliphatic heterocycles. The molecule has 1 heterocycles. The standard InChI is InChI=1S/C12H20BrClN2S2/c1-4-8(7-17-3)16(2)10(6-15)11-5-9(13)12(14)18-11/h5,8,10H,4,6-7,15H2,1-3H3. The predicted molar refractivity (Wildman–Crippen MR) is 89.0 cm³/mol. The summed E-state index contributed by atoms with van der Waals surface area (Å²) in [6, 6.07) is 2.89. The molecule has 0 amide bonds. The van der Waals surface area contributed by atoms with Gasteiger partial charge in [0.2, 0.25) is 0 Å². The third-order valence-corrected chi connectivity index (χ3v) is 6.41. The van der Waals surface area contributed by atoms with E-state index in [1.54, 1.807) is 11.3 Å². The Kier molecular flexibility index (Phi) is 7.58. The zero-order chi connectivity index (χ0) is 13.7. The Morgan fingerprint density at radius 1 is 1.61 bits per heavy atom. The van der Waals surface area contributed by atoms with Gasteiger partial charge in [0, 0.05) is 27.7 Å². The number of hydrogen-bond acceptors (Lipinski definition) is 4. The number of likely N-dealkylation sites (N-methyl/N-ethyl adjacent to an activating group) is 1. The van der Waals surface area contributed by atoms with Crippen molar-refractivity contribution in [2.24, 2.45) is 5.73 Å². The van der Waals surface area contributed by atoms with E-state index in [4.69, 9.17) is 17.3 Å². The largest absolute Gasteiger partial charge is 0.329 e. The van der Waals surface area contributed by atoms with Crippen LogP contribution in [0.5, 0.6) is 0 Å². The average Bonchev–Trinajstić information content (AvgIpc) is 2.67. The van der Waals surface area contributed by atoms with Gasteiger partial charge in [-0.2, -0.15) is 11.8 Å².